The quantitative estimate of drug-likeness (QED) is 0.300. The molecule has 2 atom stereocenters. The molecule has 1 saturated heterocycles. The first-order chi connectivity index (χ1) is 15.9. The van der Waals surface area contributed by atoms with Gasteiger partial charge >= 0.3 is 0 Å². The first-order valence-electron chi connectivity index (χ1n) is 10.2. The van der Waals surface area contributed by atoms with Crippen LogP contribution in [-0.2, 0) is 0 Å². The van der Waals surface area contributed by atoms with Gasteiger partial charge in [-0.15, -0.1) is 0 Å². The smallest absolute Gasteiger partial charge is 0.174 e. The van der Waals surface area contributed by atoms with Crippen LogP contribution in [0.25, 0.3) is 11.3 Å². The lowest BCUT2D eigenvalue weighted by Gasteiger charge is -2.26. The van der Waals surface area contributed by atoms with Crippen molar-refractivity contribution in [2.45, 2.75) is 19.0 Å². The molecule has 0 saturated carbocycles. The molecule has 0 spiro atoms. The minimum absolute atomic E-state index is 0.271. The molecule has 0 unspecified atom stereocenters. The van der Waals surface area contributed by atoms with Crippen LogP contribution in [-0.4, -0.2) is 10.1 Å². The van der Waals surface area contributed by atoms with Crippen LogP contribution < -0.4 is 10.2 Å². The van der Waals surface area contributed by atoms with E-state index in [-0.39, 0.29) is 17.9 Å². The lowest BCUT2D eigenvalue weighted by atomic mass is 10.0. The van der Waals surface area contributed by atoms with Gasteiger partial charge in [0.05, 0.1) is 16.8 Å². The van der Waals surface area contributed by atoms with Gasteiger partial charge in [0, 0.05) is 22.5 Å². The first-order valence-corrected chi connectivity index (χ1v) is 11.4. The molecular weight excluding hydrogens is 480 g/mol. The Labute approximate surface area is 206 Å². The largest absolute Gasteiger partial charge is 0.459 e. The highest BCUT2D eigenvalue weighted by molar-refractivity contribution is 7.80. The molecule has 0 bridgehead atoms. The Kier molecular flexibility index (Phi) is 5.83. The Bertz CT molecular complexity index is 1340. The molecule has 166 valence electrons. The highest BCUT2D eigenvalue weighted by atomic mass is 35.5. The maximum Gasteiger partial charge on any atom is 0.174 e. The summed E-state index contributed by atoms with van der Waals surface area (Å²) in [6.07, 6.45) is 1.74. The lowest BCUT2D eigenvalue weighted by Crippen LogP contribution is -2.29. The topological polar surface area (TPSA) is 41.3 Å². The maximum atomic E-state index is 14.0. The molecule has 1 fully saturated rings. The second-order valence-corrected chi connectivity index (χ2v) is 8.99. The van der Waals surface area contributed by atoms with Crippen LogP contribution in [0.4, 0.5) is 10.1 Å². The predicted molar refractivity (Wildman–Crippen MR) is 133 cm³/mol. The van der Waals surface area contributed by atoms with E-state index in [0.29, 0.717) is 32.2 Å². The number of rotatable bonds is 4. The average Bonchev–Trinajstić information content (AvgIpc) is 3.41. The molecule has 2 aromatic carbocycles. The third kappa shape index (κ3) is 4.10. The van der Waals surface area contributed by atoms with Crippen molar-refractivity contribution in [2.24, 2.45) is 0 Å². The molecule has 1 aliphatic heterocycles. The molecule has 0 aliphatic carbocycles. The van der Waals surface area contributed by atoms with Crippen molar-refractivity contribution in [1.29, 1.82) is 0 Å². The SMILES string of the molecule is Cc1cc(N2C(=S)N[C@@H](c3ccccn3)[C@@H]2c2ccc(-c3ccc(Cl)cc3Cl)o2)ccc1F. The summed E-state index contributed by atoms with van der Waals surface area (Å²) in [6, 6.07) is 19.1. The highest BCUT2D eigenvalue weighted by Crippen LogP contribution is 2.43. The molecular formula is C25H18Cl2FN3OS. The normalized spacial score (nSPS) is 17.9. The summed E-state index contributed by atoms with van der Waals surface area (Å²) in [5.41, 5.74) is 2.84. The molecule has 4 aromatic rings. The summed E-state index contributed by atoms with van der Waals surface area (Å²) >= 11 is 18.2. The predicted octanol–water partition coefficient (Wildman–Crippen LogP) is 7.27. The van der Waals surface area contributed by atoms with Gasteiger partial charge in [0.1, 0.15) is 23.4 Å². The number of nitrogens with one attached hydrogen (secondary N) is 1. The summed E-state index contributed by atoms with van der Waals surface area (Å²) in [5, 5.41) is 4.92. The van der Waals surface area contributed by atoms with Crippen molar-refractivity contribution in [1.82, 2.24) is 10.3 Å². The minimum atomic E-state index is -0.350. The van der Waals surface area contributed by atoms with E-state index in [1.807, 2.05) is 41.3 Å². The van der Waals surface area contributed by atoms with Crippen molar-refractivity contribution in [3.8, 4) is 11.3 Å². The lowest BCUT2D eigenvalue weighted by molar-refractivity contribution is 0.439. The molecule has 3 heterocycles. The van der Waals surface area contributed by atoms with Crippen molar-refractivity contribution in [2.75, 3.05) is 4.90 Å². The summed E-state index contributed by atoms with van der Waals surface area (Å²) in [6.45, 7) is 1.73. The number of anilines is 1. The fourth-order valence-corrected chi connectivity index (χ4v) is 4.89. The Balaban J connectivity index is 1.61. The number of thiocarbonyl (C=S) groups is 1. The van der Waals surface area contributed by atoms with Gasteiger partial charge in [-0.05, 0) is 85.4 Å². The summed E-state index contributed by atoms with van der Waals surface area (Å²) in [4.78, 5) is 6.47. The van der Waals surface area contributed by atoms with Crippen LogP contribution in [0.1, 0.15) is 29.1 Å². The number of furan rings is 1. The van der Waals surface area contributed by atoms with E-state index in [1.54, 1.807) is 37.4 Å². The van der Waals surface area contributed by atoms with Crippen molar-refractivity contribution < 1.29 is 8.81 Å². The van der Waals surface area contributed by atoms with Crippen LogP contribution >= 0.6 is 35.4 Å². The molecule has 0 radical (unpaired) electrons. The molecule has 33 heavy (non-hydrogen) atoms. The van der Waals surface area contributed by atoms with Gasteiger partial charge in [-0.1, -0.05) is 29.3 Å². The van der Waals surface area contributed by atoms with E-state index >= 15 is 0 Å². The zero-order valence-corrected chi connectivity index (χ0v) is 19.8. The molecule has 2 aromatic heterocycles. The van der Waals surface area contributed by atoms with Crippen LogP contribution in [0, 0.1) is 12.7 Å². The van der Waals surface area contributed by atoms with E-state index in [2.05, 4.69) is 10.3 Å². The third-order valence-electron chi connectivity index (χ3n) is 5.63. The number of benzene rings is 2. The standard InChI is InChI=1S/C25H18Cl2FN3OS/c1-14-12-16(6-8-19(14)28)31-24(23(30-25(31)33)20-4-2-3-11-29-20)22-10-9-21(32-22)17-7-5-15(26)13-18(17)27/h2-13,23-24H,1H3,(H,30,33)/t23-,24-/m0/s1. The van der Waals surface area contributed by atoms with Crippen LogP contribution in [0.5, 0.6) is 0 Å². The number of aromatic nitrogens is 1. The second kappa shape index (κ2) is 8.78. The van der Waals surface area contributed by atoms with Crippen molar-refractivity contribution >= 4 is 46.2 Å². The third-order valence-corrected chi connectivity index (χ3v) is 6.50. The number of halogens is 3. The van der Waals surface area contributed by atoms with Crippen LogP contribution in [0.15, 0.2) is 77.3 Å². The van der Waals surface area contributed by atoms with Gasteiger partial charge < -0.3 is 14.6 Å². The zero-order chi connectivity index (χ0) is 23.1. The molecule has 4 nitrogen and oxygen atoms in total. The Morgan fingerprint density at radius 3 is 2.64 bits per heavy atom. The number of hydrogen-bond donors (Lipinski definition) is 1. The fraction of sp³-hybridized carbons (Fsp3) is 0.120. The number of aryl methyl sites for hydroxylation is 1. The van der Waals surface area contributed by atoms with E-state index in [1.165, 1.54) is 6.07 Å². The zero-order valence-electron chi connectivity index (χ0n) is 17.4. The second-order valence-electron chi connectivity index (χ2n) is 7.76. The summed E-state index contributed by atoms with van der Waals surface area (Å²) in [7, 11) is 0. The Morgan fingerprint density at radius 1 is 1.06 bits per heavy atom. The van der Waals surface area contributed by atoms with E-state index in [9.17, 15) is 4.39 Å². The number of nitrogens with zero attached hydrogens (tertiary/aromatic N) is 2. The van der Waals surface area contributed by atoms with Crippen molar-refractivity contribution in [3.05, 3.63) is 106 Å². The first kappa shape index (κ1) is 21.9. The summed E-state index contributed by atoms with van der Waals surface area (Å²) in [5.74, 6) is 1.01. The van der Waals surface area contributed by atoms with Crippen LogP contribution in [0.2, 0.25) is 10.0 Å². The van der Waals surface area contributed by atoms with Gasteiger partial charge in [-0.2, -0.15) is 0 Å². The van der Waals surface area contributed by atoms with Gasteiger partial charge in [0.15, 0.2) is 5.11 Å². The van der Waals surface area contributed by atoms with Gasteiger partial charge in [-0.3, -0.25) is 4.98 Å². The van der Waals surface area contributed by atoms with E-state index in [0.717, 1.165) is 16.9 Å². The van der Waals surface area contributed by atoms with Crippen molar-refractivity contribution in [3.63, 3.8) is 0 Å². The highest BCUT2D eigenvalue weighted by Gasteiger charge is 2.42. The average molecular weight is 498 g/mol. The van der Waals surface area contributed by atoms with E-state index in [4.69, 9.17) is 39.8 Å². The Hall–Kier alpha value is -2.93. The van der Waals surface area contributed by atoms with Gasteiger partial charge in [-0.25, -0.2) is 4.39 Å². The Morgan fingerprint density at radius 2 is 1.91 bits per heavy atom. The fourth-order valence-electron chi connectivity index (χ4n) is 4.05. The molecule has 1 N–H and O–H groups in total. The molecule has 1 aliphatic rings. The summed E-state index contributed by atoms with van der Waals surface area (Å²) < 4.78 is 20.3. The number of hydrogen-bond acceptors (Lipinski definition) is 3. The monoisotopic (exact) mass is 497 g/mol. The van der Waals surface area contributed by atoms with E-state index < -0.39 is 0 Å². The molecule has 5 rings (SSSR count). The molecule has 8 heteroatoms. The molecule has 0 amide bonds. The minimum Gasteiger partial charge on any atom is -0.459 e. The maximum absolute atomic E-state index is 14.0. The van der Waals surface area contributed by atoms with Crippen LogP contribution in [0.3, 0.4) is 0 Å². The number of pyridine rings is 1. The van der Waals surface area contributed by atoms with Gasteiger partial charge in [0.2, 0.25) is 0 Å². The van der Waals surface area contributed by atoms with Gasteiger partial charge in [0.25, 0.3) is 0 Å².